The number of cyclic esters (lactones) is 1. The first-order chi connectivity index (χ1) is 12.0. The third-order valence-corrected chi connectivity index (χ3v) is 4.58. The predicted molar refractivity (Wildman–Crippen MR) is 87.5 cm³/mol. The van der Waals surface area contributed by atoms with E-state index < -0.39 is 23.8 Å². The maximum Gasteiger partial charge on any atom is 0.414 e. The number of anilines is 1. The van der Waals surface area contributed by atoms with Crippen LogP contribution in [0.5, 0.6) is 0 Å². The average molecular weight is 353 g/mol. The number of piperidine rings is 1. The predicted octanol–water partition coefficient (Wildman–Crippen LogP) is 1.89. The number of ether oxygens (including phenoxy) is 1. The fourth-order valence-electron chi connectivity index (χ4n) is 3.32. The molecule has 0 bridgehead atoms. The molecule has 1 atom stereocenters. The molecule has 2 fully saturated rings. The van der Waals surface area contributed by atoms with E-state index in [0.717, 1.165) is 13.1 Å². The Balaban J connectivity index is 1.76. The van der Waals surface area contributed by atoms with Gasteiger partial charge in [0.15, 0.2) is 0 Å². The first-order valence-electron chi connectivity index (χ1n) is 8.38. The first kappa shape index (κ1) is 17.6. The quantitative estimate of drug-likeness (QED) is 0.867. The van der Waals surface area contributed by atoms with E-state index in [4.69, 9.17) is 4.74 Å². The summed E-state index contributed by atoms with van der Waals surface area (Å²) >= 11 is 0. The van der Waals surface area contributed by atoms with Gasteiger partial charge in [0.2, 0.25) is 5.91 Å². The molecule has 2 saturated heterocycles. The second-order valence-corrected chi connectivity index (χ2v) is 6.40. The number of carbonyl (C=O) groups excluding carboxylic acids is 2. The molecule has 2 amide bonds. The van der Waals surface area contributed by atoms with Gasteiger partial charge in [0.05, 0.1) is 18.8 Å². The van der Waals surface area contributed by atoms with E-state index in [1.54, 1.807) is 0 Å². The van der Waals surface area contributed by atoms with Crippen molar-refractivity contribution in [2.75, 3.05) is 31.1 Å². The molecule has 0 unspecified atom stereocenters. The molecule has 2 N–H and O–H groups in total. The zero-order valence-corrected chi connectivity index (χ0v) is 14.0. The van der Waals surface area contributed by atoms with E-state index in [0.29, 0.717) is 12.8 Å². The highest BCUT2D eigenvalue weighted by atomic mass is 19.1. The van der Waals surface area contributed by atoms with Crippen LogP contribution in [0.2, 0.25) is 0 Å². The van der Waals surface area contributed by atoms with Crippen molar-refractivity contribution in [1.29, 1.82) is 0 Å². The number of carbonyl (C=O) groups is 2. The van der Waals surface area contributed by atoms with Gasteiger partial charge >= 0.3 is 6.09 Å². The summed E-state index contributed by atoms with van der Waals surface area (Å²) in [6, 6.07) is 2.37. The summed E-state index contributed by atoms with van der Waals surface area (Å²) in [5.74, 6) is -1.67. The Morgan fingerprint density at radius 2 is 1.96 bits per heavy atom. The number of benzene rings is 1. The molecule has 136 valence electrons. The maximum atomic E-state index is 14.5. The number of hydrogen-bond donors (Lipinski definition) is 2. The van der Waals surface area contributed by atoms with Gasteiger partial charge in [0.1, 0.15) is 17.7 Å². The number of nitrogens with zero attached hydrogens (tertiary/aromatic N) is 1. The normalized spacial score (nSPS) is 21.3. The van der Waals surface area contributed by atoms with Gasteiger partial charge in [-0.3, -0.25) is 9.69 Å². The minimum atomic E-state index is -0.677. The van der Waals surface area contributed by atoms with E-state index in [1.807, 2.05) is 0 Å². The largest absolute Gasteiger partial charge is 0.442 e. The van der Waals surface area contributed by atoms with Crippen LogP contribution in [0.1, 0.15) is 31.2 Å². The Kier molecular flexibility index (Phi) is 5.17. The molecule has 2 aliphatic rings. The highest BCUT2D eigenvalue weighted by molar-refractivity contribution is 5.89. The van der Waals surface area contributed by atoms with Gasteiger partial charge < -0.3 is 15.4 Å². The molecule has 3 rings (SSSR count). The zero-order valence-electron chi connectivity index (χ0n) is 14.0. The van der Waals surface area contributed by atoms with Crippen LogP contribution in [0.3, 0.4) is 0 Å². The van der Waals surface area contributed by atoms with E-state index in [2.05, 4.69) is 10.6 Å². The van der Waals surface area contributed by atoms with Crippen molar-refractivity contribution in [3.8, 4) is 0 Å². The van der Waals surface area contributed by atoms with Crippen LogP contribution < -0.4 is 15.5 Å². The molecule has 8 heteroatoms. The second kappa shape index (κ2) is 7.35. The molecular formula is C17H21F2N3O3. The number of halogens is 2. The minimum absolute atomic E-state index is 0.0904. The molecule has 1 aromatic carbocycles. The Bertz CT molecular complexity index is 654. The van der Waals surface area contributed by atoms with Crippen molar-refractivity contribution in [3.63, 3.8) is 0 Å². The van der Waals surface area contributed by atoms with Crippen molar-refractivity contribution >= 4 is 17.7 Å². The van der Waals surface area contributed by atoms with Crippen molar-refractivity contribution < 1.29 is 23.1 Å². The van der Waals surface area contributed by atoms with Gasteiger partial charge in [-0.1, -0.05) is 0 Å². The van der Waals surface area contributed by atoms with Crippen LogP contribution in [0.15, 0.2) is 12.1 Å². The SMILES string of the molecule is CC(=O)NC[C@H]1CN(c2cc(F)c(C3CCNCC3)c(F)c2)C(=O)O1. The van der Waals surface area contributed by atoms with Crippen molar-refractivity contribution in [2.24, 2.45) is 0 Å². The van der Waals surface area contributed by atoms with Gasteiger partial charge in [-0.15, -0.1) is 0 Å². The van der Waals surface area contributed by atoms with E-state index in [-0.39, 0.29) is 36.2 Å². The van der Waals surface area contributed by atoms with Gasteiger partial charge in [-0.05, 0) is 44.0 Å². The summed E-state index contributed by atoms with van der Waals surface area (Å²) in [5, 5.41) is 5.72. The molecule has 6 nitrogen and oxygen atoms in total. The Morgan fingerprint density at radius 3 is 2.56 bits per heavy atom. The molecular weight excluding hydrogens is 332 g/mol. The smallest absolute Gasteiger partial charge is 0.414 e. The van der Waals surface area contributed by atoms with Crippen LogP contribution in [0.25, 0.3) is 0 Å². The number of nitrogens with one attached hydrogen (secondary N) is 2. The number of hydrogen-bond acceptors (Lipinski definition) is 4. The maximum absolute atomic E-state index is 14.5. The lowest BCUT2D eigenvalue weighted by Crippen LogP contribution is -2.33. The minimum Gasteiger partial charge on any atom is -0.442 e. The van der Waals surface area contributed by atoms with Crippen LogP contribution in [-0.4, -0.2) is 44.3 Å². The fraction of sp³-hybridized carbons (Fsp3) is 0.529. The lowest BCUT2D eigenvalue weighted by Gasteiger charge is -2.24. The summed E-state index contributed by atoms with van der Waals surface area (Å²) in [4.78, 5) is 24.1. The monoisotopic (exact) mass is 353 g/mol. The summed E-state index contributed by atoms with van der Waals surface area (Å²) in [5.41, 5.74) is 0.218. The molecule has 0 aliphatic carbocycles. The van der Waals surface area contributed by atoms with Gasteiger partial charge in [0.25, 0.3) is 0 Å². The fourth-order valence-corrected chi connectivity index (χ4v) is 3.32. The lowest BCUT2D eigenvalue weighted by molar-refractivity contribution is -0.119. The van der Waals surface area contributed by atoms with Crippen LogP contribution in [-0.2, 0) is 9.53 Å². The van der Waals surface area contributed by atoms with Crippen molar-refractivity contribution in [3.05, 3.63) is 29.3 Å². The third-order valence-electron chi connectivity index (χ3n) is 4.58. The zero-order chi connectivity index (χ0) is 18.0. The molecule has 0 radical (unpaired) electrons. The lowest BCUT2D eigenvalue weighted by atomic mass is 9.89. The molecule has 25 heavy (non-hydrogen) atoms. The summed E-state index contributed by atoms with van der Waals surface area (Å²) < 4.78 is 34.2. The van der Waals surface area contributed by atoms with Crippen LogP contribution in [0.4, 0.5) is 19.3 Å². The third kappa shape index (κ3) is 3.89. The molecule has 0 aromatic heterocycles. The summed E-state index contributed by atoms with van der Waals surface area (Å²) in [6.07, 6.45) is 0.130. The summed E-state index contributed by atoms with van der Waals surface area (Å²) in [6.45, 7) is 3.11. The highest BCUT2D eigenvalue weighted by Crippen LogP contribution is 2.33. The molecule has 2 aliphatic heterocycles. The first-order valence-corrected chi connectivity index (χ1v) is 8.38. The van der Waals surface area contributed by atoms with Gasteiger partial charge in [-0.25, -0.2) is 13.6 Å². The Labute approximate surface area is 144 Å². The average Bonchev–Trinajstić information content (AvgIpc) is 2.94. The van der Waals surface area contributed by atoms with E-state index in [1.165, 1.54) is 24.0 Å². The number of rotatable bonds is 4. The summed E-state index contributed by atoms with van der Waals surface area (Å²) in [7, 11) is 0. The Morgan fingerprint density at radius 1 is 1.32 bits per heavy atom. The Hall–Kier alpha value is -2.22. The van der Waals surface area contributed by atoms with E-state index >= 15 is 0 Å². The molecule has 1 aromatic rings. The molecule has 2 heterocycles. The standard InChI is InChI=1S/C17H21F2N3O3/c1-10(23)21-8-13-9-22(17(24)25-13)12-6-14(18)16(15(19)7-12)11-2-4-20-5-3-11/h6-7,11,13,20H,2-5,8-9H2,1H3,(H,21,23)/t13-/m0/s1. The van der Waals surface area contributed by atoms with Crippen molar-refractivity contribution in [2.45, 2.75) is 31.8 Å². The topological polar surface area (TPSA) is 70.7 Å². The van der Waals surface area contributed by atoms with E-state index in [9.17, 15) is 18.4 Å². The molecule has 0 saturated carbocycles. The highest BCUT2D eigenvalue weighted by Gasteiger charge is 2.34. The molecule has 0 spiro atoms. The van der Waals surface area contributed by atoms with Gasteiger partial charge in [0, 0.05) is 12.5 Å². The van der Waals surface area contributed by atoms with Crippen LogP contribution in [0, 0.1) is 11.6 Å². The second-order valence-electron chi connectivity index (χ2n) is 6.40. The number of amides is 2. The van der Waals surface area contributed by atoms with Gasteiger partial charge in [-0.2, -0.15) is 0 Å². The van der Waals surface area contributed by atoms with Crippen molar-refractivity contribution in [1.82, 2.24) is 10.6 Å². The van der Waals surface area contributed by atoms with Crippen LogP contribution >= 0.6 is 0 Å².